The van der Waals surface area contributed by atoms with Crippen LogP contribution in [-0.4, -0.2) is 33.3 Å². The van der Waals surface area contributed by atoms with Crippen LogP contribution in [0.1, 0.15) is 18.9 Å². The summed E-state index contributed by atoms with van der Waals surface area (Å²) in [5, 5.41) is 12.8. The number of aliphatic hydroxyl groups excluding tert-OH is 1. The summed E-state index contributed by atoms with van der Waals surface area (Å²) in [7, 11) is 1.56. The lowest BCUT2D eigenvalue weighted by Crippen LogP contribution is -2.40. The molecule has 0 radical (unpaired) electrons. The fourth-order valence-electron chi connectivity index (χ4n) is 3.82. The van der Waals surface area contributed by atoms with E-state index in [2.05, 4.69) is 17.2 Å². The van der Waals surface area contributed by atoms with Crippen molar-refractivity contribution >= 4 is 29.0 Å². The van der Waals surface area contributed by atoms with Crippen molar-refractivity contribution in [2.24, 2.45) is 17.5 Å². The predicted molar refractivity (Wildman–Crippen MR) is 125 cm³/mol. The molecule has 0 saturated heterocycles. The fourth-order valence-corrected chi connectivity index (χ4v) is 4.07. The van der Waals surface area contributed by atoms with Gasteiger partial charge in [0.15, 0.2) is 5.82 Å². The Hall–Kier alpha value is -3.10. The quantitative estimate of drug-likeness (QED) is 0.720. The average molecular weight is 457 g/mol. The highest BCUT2D eigenvalue weighted by Gasteiger charge is 2.40. The molecule has 0 bridgehead atoms. The Morgan fingerprint density at radius 3 is 2.66 bits per heavy atom. The van der Waals surface area contributed by atoms with Gasteiger partial charge in [-0.15, -0.1) is 0 Å². The second-order valence-electron chi connectivity index (χ2n) is 7.85. The number of ether oxygens (including phenoxy) is 1. The van der Waals surface area contributed by atoms with Crippen LogP contribution in [0.25, 0.3) is 0 Å². The van der Waals surface area contributed by atoms with E-state index in [1.807, 2.05) is 36.4 Å². The van der Waals surface area contributed by atoms with Crippen LogP contribution in [0.4, 0.5) is 11.5 Å². The van der Waals surface area contributed by atoms with Gasteiger partial charge < -0.3 is 15.2 Å². The first-order valence-corrected chi connectivity index (χ1v) is 10.9. The first-order chi connectivity index (χ1) is 15.4. The summed E-state index contributed by atoms with van der Waals surface area (Å²) in [4.78, 5) is 30.6. The van der Waals surface area contributed by atoms with Gasteiger partial charge in [0.2, 0.25) is 5.90 Å². The minimum absolute atomic E-state index is 0.116. The number of aliphatic imine (C=N–C) groups is 1. The molecule has 1 aliphatic heterocycles. The van der Waals surface area contributed by atoms with Crippen LogP contribution in [0.2, 0.25) is 0 Å². The monoisotopic (exact) mass is 456 g/mol. The highest BCUT2D eigenvalue weighted by molar-refractivity contribution is 6.32. The van der Waals surface area contributed by atoms with Crippen molar-refractivity contribution in [2.75, 3.05) is 18.5 Å². The molecule has 8 nitrogen and oxygen atoms in total. The summed E-state index contributed by atoms with van der Waals surface area (Å²) in [5.41, 5.74) is -0.435. The van der Waals surface area contributed by atoms with E-state index in [-0.39, 0.29) is 31.2 Å². The van der Waals surface area contributed by atoms with E-state index in [0.29, 0.717) is 23.1 Å². The molecule has 1 spiro atoms. The van der Waals surface area contributed by atoms with Gasteiger partial charge in [-0.1, -0.05) is 36.7 Å². The molecule has 2 N–H and O–H groups in total. The summed E-state index contributed by atoms with van der Waals surface area (Å²) >= 11 is 6.27. The molecular formula is C23H25ClN4O4. The van der Waals surface area contributed by atoms with Crippen LogP contribution >= 0.6 is 11.6 Å². The van der Waals surface area contributed by atoms with Gasteiger partial charge in [-0.05, 0) is 42.7 Å². The van der Waals surface area contributed by atoms with Gasteiger partial charge in [-0.2, -0.15) is 4.99 Å². The normalized spacial score (nSPS) is 19.2. The molecule has 1 aromatic heterocycles. The van der Waals surface area contributed by atoms with Crippen LogP contribution in [0, 0.1) is 5.41 Å². The lowest BCUT2D eigenvalue weighted by Gasteiger charge is -2.25. The molecule has 0 fully saturated rings. The molecule has 168 valence electrons. The molecule has 1 aliphatic carbocycles. The topological polar surface area (TPSA) is 97.8 Å². The molecule has 2 aromatic rings. The van der Waals surface area contributed by atoms with E-state index < -0.39 is 16.7 Å². The van der Waals surface area contributed by atoms with Gasteiger partial charge in [0.1, 0.15) is 16.9 Å². The Morgan fingerprint density at radius 2 is 2.03 bits per heavy atom. The lowest BCUT2D eigenvalue weighted by molar-refractivity contribution is 0.277. The van der Waals surface area contributed by atoms with E-state index in [0.717, 1.165) is 11.0 Å². The summed E-state index contributed by atoms with van der Waals surface area (Å²) in [6, 6.07) is 7.69. The number of fused-ring (bicyclic) bond motifs is 1. The van der Waals surface area contributed by atoms with Crippen LogP contribution in [0.5, 0.6) is 5.75 Å². The van der Waals surface area contributed by atoms with Crippen LogP contribution in [0.3, 0.4) is 0 Å². The predicted octanol–water partition coefficient (Wildman–Crippen LogP) is 2.71. The maximum Gasteiger partial charge on any atom is 0.332 e. The Bertz CT molecular complexity index is 1240. The van der Waals surface area contributed by atoms with E-state index in [1.165, 1.54) is 10.1 Å². The van der Waals surface area contributed by atoms with Gasteiger partial charge in [0.05, 0.1) is 0 Å². The van der Waals surface area contributed by atoms with E-state index in [1.54, 1.807) is 13.1 Å². The fraction of sp³-hybridized carbons (Fsp3) is 0.348. The molecule has 1 atom stereocenters. The molecular weight excluding hydrogens is 432 g/mol. The Kier molecular flexibility index (Phi) is 6.08. The SMILES string of the molecule is CCc1ccc(OC2=Nc3c(c(=O)n(CCCO)c(=O)n3C)NCC23C=CC(Cl)=C3)cc1. The molecule has 32 heavy (non-hydrogen) atoms. The molecule has 2 aliphatic rings. The van der Waals surface area contributed by atoms with Crippen LogP contribution < -0.4 is 21.3 Å². The van der Waals surface area contributed by atoms with Gasteiger partial charge in [0.25, 0.3) is 5.56 Å². The van der Waals surface area contributed by atoms with E-state index in [9.17, 15) is 9.59 Å². The Morgan fingerprint density at radius 1 is 1.28 bits per heavy atom. The zero-order valence-corrected chi connectivity index (χ0v) is 18.7. The van der Waals surface area contributed by atoms with Crippen molar-refractivity contribution in [1.82, 2.24) is 9.13 Å². The number of benzene rings is 1. The minimum atomic E-state index is -0.821. The molecule has 0 amide bonds. The minimum Gasteiger partial charge on any atom is -0.442 e. The molecule has 2 heterocycles. The van der Waals surface area contributed by atoms with E-state index >= 15 is 0 Å². The first-order valence-electron chi connectivity index (χ1n) is 10.5. The third-order valence-electron chi connectivity index (χ3n) is 5.70. The van der Waals surface area contributed by atoms with Crippen LogP contribution in [-0.2, 0) is 20.0 Å². The number of aliphatic hydroxyl groups is 1. The van der Waals surface area contributed by atoms with Crippen molar-refractivity contribution in [1.29, 1.82) is 0 Å². The number of halogens is 1. The lowest BCUT2D eigenvalue weighted by atomic mass is 9.89. The first kappa shape index (κ1) is 22.1. The second-order valence-corrected chi connectivity index (χ2v) is 8.28. The number of allylic oxidation sites excluding steroid dienone is 2. The number of aromatic nitrogens is 2. The summed E-state index contributed by atoms with van der Waals surface area (Å²) < 4.78 is 8.62. The third-order valence-corrected chi connectivity index (χ3v) is 5.94. The molecule has 1 unspecified atom stereocenters. The number of hydrogen-bond donors (Lipinski definition) is 2. The zero-order chi connectivity index (χ0) is 22.9. The van der Waals surface area contributed by atoms with Gasteiger partial charge >= 0.3 is 5.69 Å². The zero-order valence-electron chi connectivity index (χ0n) is 18.0. The summed E-state index contributed by atoms with van der Waals surface area (Å²) in [5.74, 6) is 1.08. The van der Waals surface area contributed by atoms with Crippen molar-refractivity contribution in [3.8, 4) is 5.75 Å². The summed E-state index contributed by atoms with van der Waals surface area (Å²) in [6.45, 7) is 2.34. The molecule has 1 aromatic carbocycles. The van der Waals surface area contributed by atoms with E-state index in [4.69, 9.17) is 21.4 Å². The second kappa shape index (κ2) is 8.80. The number of anilines is 1. The highest BCUT2D eigenvalue weighted by atomic mass is 35.5. The molecule has 9 heteroatoms. The van der Waals surface area contributed by atoms with Crippen molar-refractivity contribution in [3.63, 3.8) is 0 Å². The maximum atomic E-state index is 13.1. The van der Waals surface area contributed by atoms with Gasteiger partial charge in [0, 0.05) is 31.8 Å². The average Bonchev–Trinajstić information content (AvgIpc) is 3.10. The van der Waals surface area contributed by atoms with Gasteiger partial charge in [-0.3, -0.25) is 13.9 Å². The molecule has 0 saturated carbocycles. The number of nitrogens with zero attached hydrogens (tertiary/aromatic N) is 3. The molecule has 4 rings (SSSR count). The number of aryl methyl sites for hydroxylation is 1. The van der Waals surface area contributed by atoms with Gasteiger partial charge in [-0.25, -0.2) is 4.79 Å². The van der Waals surface area contributed by atoms with Crippen molar-refractivity contribution in [2.45, 2.75) is 26.3 Å². The highest BCUT2D eigenvalue weighted by Crippen LogP contribution is 2.38. The Balaban J connectivity index is 1.86. The smallest absolute Gasteiger partial charge is 0.332 e. The van der Waals surface area contributed by atoms with Crippen molar-refractivity contribution in [3.05, 3.63) is 73.9 Å². The van der Waals surface area contributed by atoms with Crippen molar-refractivity contribution < 1.29 is 9.84 Å². The number of rotatable bonds is 5. The standard InChI is InChI=1S/C23H25ClN4O4/c1-3-15-5-7-17(8-6-15)32-21-23(10-9-16(24)13-23)14-25-18-19(26-21)27(2)22(31)28(20(18)30)11-4-12-29/h5-10,13,25,29H,3-4,11-12,14H2,1-2H3. The third kappa shape index (κ3) is 3.91. The Labute approximate surface area is 190 Å². The maximum absolute atomic E-state index is 13.1. The summed E-state index contributed by atoms with van der Waals surface area (Å²) in [6.07, 6.45) is 6.65. The number of hydrogen-bond acceptors (Lipinski definition) is 6. The largest absolute Gasteiger partial charge is 0.442 e. The van der Waals surface area contributed by atoms with Crippen LogP contribution in [0.15, 0.2) is 62.1 Å². The number of nitrogens with one attached hydrogen (secondary N) is 1.